The molecule has 3 N–H and O–H groups in total. The summed E-state index contributed by atoms with van der Waals surface area (Å²) in [6, 6.07) is 13.6. The van der Waals surface area contributed by atoms with Gasteiger partial charge >= 0.3 is 6.09 Å². The minimum atomic E-state index is -0.614. The van der Waals surface area contributed by atoms with Gasteiger partial charge in [0.1, 0.15) is 5.60 Å². The number of anilines is 1. The topological polar surface area (TPSA) is 134 Å². The lowest BCUT2D eigenvalue weighted by molar-refractivity contribution is -0.121. The van der Waals surface area contributed by atoms with Crippen LogP contribution in [0.1, 0.15) is 59.9 Å². The van der Waals surface area contributed by atoms with Crippen LogP contribution in [0.2, 0.25) is 0 Å². The van der Waals surface area contributed by atoms with E-state index >= 15 is 0 Å². The van der Waals surface area contributed by atoms with E-state index in [1.54, 1.807) is 69.3 Å². The number of rotatable bonds is 9. The van der Waals surface area contributed by atoms with E-state index in [0.29, 0.717) is 16.8 Å². The summed E-state index contributed by atoms with van der Waals surface area (Å²) in [5, 5.41) is 8.03. The highest BCUT2D eigenvalue weighted by molar-refractivity contribution is 6.21. The molecule has 1 aliphatic heterocycles. The van der Waals surface area contributed by atoms with Crippen LogP contribution in [-0.4, -0.2) is 53.3 Å². The summed E-state index contributed by atoms with van der Waals surface area (Å²) in [5.74, 6) is -1.39. The number of alkyl carbamates (subject to hydrolysis) is 1. The van der Waals surface area contributed by atoms with Gasteiger partial charge in [0.05, 0.1) is 11.1 Å². The third-order valence-corrected chi connectivity index (χ3v) is 5.16. The third kappa shape index (κ3) is 7.39. The number of amides is 5. The molecule has 5 amide bonds. The fourth-order valence-electron chi connectivity index (χ4n) is 3.52. The number of nitrogens with one attached hydrogen (secondary N) is 3. The number of hydrogen-bond donors (Lipinski definition) is 3. The molecule has 0 saturated carbocycles. The molecule has 0 saturated heterocycles. The molecule has 2 aromatic rings. The number of carbonyl (C=O) groups is 5. The van der Waals surface area contributed by atoms with E-state index in [0.717, 1.165) is 10.5 Å². The van der Waals surface area contributed by atoms with Crippen molar-refractivity contribution in [3.63, 3.8) is 0 Å². The summed E-state index contributed by atoms with van der Waals surface area (Å²) >= 11 is 0. The largest absolute Gasteiger partial charge is 0.444 e. The number of fused-ring (bicyclic) bond motifs is 1. The number of benzene rings is 2. The molecular formula is C26H30N4O6. The van der Waals surface area contributed by atoms with Crippen molar-refractivity contribution in [1.82, 2.24) is 15.5 Å². The van der Waals surface area contributed by atoms with E-state index in [1.807, 2.05) is 0 Å². The van der Waals surface area contributed by atoms with Crippen LogP contribution in [0.25, 0.3) is 0 Å². The van der Waals surface area contributed by atoms with Crippen molar-refractivity contribution in [3.05, 3.63) is 65.2 Å². The standard InChI is InChI=1S/C26H30N4O6/c1-26(2,3)36-25(35)27-13-11-22(32)29-18-8-6-7-17(15-18)16-28-21(31)12-14-30-23(33)19-9-4-5-10-20(19)24(30)34/h4-10,15H,11-14,16H2,1-3H3,(H,27,35)(H,28,31)(H,29,32). The minimum Gasteiger partial charge on any atom is -0.444 e. The quantitative estimate of drug-likeness (QED) is 0.459. The average Bonchev–Trinajstić information content (AvgIpc) is 3.05. The number of nitrogens with zero attached hydrogens (tertiary/aromatic N) is 1. The van der Waals surface area contributed by atoms with E-state index in [1.165, 1.54) is 0 Å². The van der Waals surface area contributed by atoms with Gasteiger partial charge < -0.3 is 20.7 Å². The number of carbonyl (C=O) groups excluding carboxylic acids is 5. The molecular weight excluding hydrogens is 464 g/mol. The summed E-state index contributed by atoms with van der Waals surface area (Å²) < 4.78 is 5.12. The first-order valence-corrected chi connectivity index (χ1v) is 11.6. The molecule has 0 aliphatic carbocycles. The van der Waals surface area contributed by atoms with Gasteiger partial charge in [0.2, 0.25) is 11.8 Å². The van der Waals surface area contributed by atoms with Crippen LogP contribution in [-0.2, 0) is 20.9 Å². The Labute approximate surface area is 209 Å². The minimum absolute atomic E-state index is 0.00833. The molecule has 3 rings (SSSR count). The second-order valence-electron chi connectivity index (χ2n) is 9.26. The molecule has 0 bridgehead atoms. The Hall–Kier alpha value is -4.21. The first-order chi connectivity index (χ1) is 17.0. The third-order valence-electron chi connectivity index (χ3n) is 5.16. The van der Waals surface area contributed by atoms with Gasteiger partial charge in [-0.2, -0.15) is 0 Å². The number of hydrogen-bond acceptors (Lipinski definition) is 6. The SMILES string of the molecule is CC(C)(C)OC(=O)NCCC(=O)Nc1cccc(CNC(=O)CCN2C(=O)c3ccccc3C2=O)c1. The predicted octanol–water partition coefficient (Wildman–Crippen LogP) is 2.84. The van der Waals surface area contributed by atoms with Crippen LogP contribution < -0.4 is 16.0 Å². The molecule has 190 valence electrons. The predicted molar refractivity (Wildman–Crippen MR) is 132 cm³/mol. The normalized spacial score (nSPS) is 12.7. The van der Waals surface area contributed by atoms with Gasteiger partial charge in [-0.05, 0) is 50.6 Å². The molecule has 2 aromatic carbocycles. The summed E-state index contributed by atoms with van der Waals surface area (Å²) in [4.78, 5) is 62.0. The number of ether oxygens (including phenoxy) is 1. The van der Waals surface area contributed by atoms with Gasteiger partial charge in [0.25, 0.3) is 11.8 Å². The van der Waals surface area contributed by atoms with Gasteiger partial charge in [-0.3, -0.25) is 24.1 Å². The lowest BCUT2D eigenvalue weighted by atomic mass is 10.1. The summed E-state index contributed by atoms with van der Waals surface area (Å²) in [6.45, 7) is 5.59. The zero-order valence-electron chi connectivity index (χ0n) is 20.6. The van der Waals surface area contributed by atoms with Crippen molar-refractivity contribution in [1.29, 1.82) is 0 Å². The van der Waals surface area contributed by atoms with Gasteiger partial charge in [0.15, 0.2) is 0 Å². The maximum atomic E-state index is 12.4. The monoisotopic (exact) mass is 494 g/mol. The van der Waals surface area contributed by atoms with E-state index in [9.17, 15) is 24.0 Å². The van der Waals surface area contributed by atoms with Crippen molar-refractivity contribution < 1.29 is 28.7 Å². The molecule has 1 heterocycles. The van der Waals surface area contributed by atoms with Crippen LogP contribution in [0.4, 0.5) is 10.5 Å². The maximum absolute atomic E-state index is 12.4. The van der Waals surface area contributed by atoms with Crippen molar-refractivity contribution in [3.8, 4) is 0 Å². The first kappa shape index (κ1) is 26.4. The van der Waals surface area contributed by atoms with Gasteiger partial charge in [-0.25, -0.2) is 4.79 Å². The van der Waals surface area contributed by atoms with E-state index in [4.69, 9.17) is 4.74 Å². The van der Waals surface area contributed by atoms with Crippen molar-refractivity contribution >= 4 is 35.4 Å². The zero-order valence-corrected chi connectivity index (χ0v) is 20.6. The van der Waals surface area contributed by atoms with Crippen LogP contribution in [0.5, 0.6) is 0 Å². The first-order valence-electron chi connectivity index (χ1n) is 11.6. The second-order valence-corrected chi connectivity index (χ2v) is 9.26. The van der Waals surface area contributed by atoms with E-state index in [-0.39, 0.29) is 44.3 Å². The summed E-state index contributed by atoms with van der Waals surface area (Å²) in [7, 11) is 0. The van der Waals surface area contributed by atoms with Crippen LogP contribution in [0, 0.1) is 0 Å². The lowest BCUT2D eigenvalue weighted by Crippen LogP contribution is -2.34. The molecule has 0 atom stereocenters. The Morgan fingerprint density at radius 2 is 1.53 bits per heavy atom. The maximum Gasteiger partial charge on any atom is 0.407 e. The molecule has 10 heteroatoms. The average molecular weight is 495 g/mol. The zero-order chi connectivity index (χ0) is 26.3. The highest BCUT2D eigenvalue weighted by Gasteiger charge is 2.34. The molecule has 1 aliphatic rings. The summed E-state index contributed by atoms with van der Waals surface area (Å²) in [6.07, 6.45) is -0.541. The van der Waals surface area contributed by atoms with Gasteiger partial charge in [0, 0.05) is 38.2 Å². The molecule has 0 radical (unpaired) electrons. The Kier molecular flexibility index (Phi) is 8.42. The molecule has 36 heavy (non-hydrogen) atoms. The van der Waals surface area contributed by atoms with Gasteiger partial charge in [-0.15, -0.1) is 0 Å². The second kappa shape index (κ2) is 11.5. The Balaban J connectivity index is 1.40. The number of imide groups is 1. The molecule has 10 nitrogen and oxygen atoms in total. The van der Waals surface area contributed by atoms with Gasteiger partial charge in [-0.1, -0.05) is 24.3 Å². The van der Waals surface area contributed by atoms with Crippen molar-refractivity contribution in [2.24, 2.45) is 0 Å². The fraction of sp³-hybridized carbons (Fsp3) is 0.346. The molecule has 0 unspecified atom stereocenters. The van der Waals surface area contributed by atoms with Crippen molar-refractivity contribution in [2.75, 3.05) is 18.4 Å². The van der Waals surface area contributed by atoms with Crippen LogP contribution in [0.3, 0.4) is 0 Å². The van der Waals surface area contributed by atoms with Crippen molar-refractivity contribution in [2.45, 2.75) is 45.8 Å². The van der Waals surface area contributed by atoms with Crippen LogP contribution in [0.15, 0.2) is 48.5 Å². The fourth-order valence-corrected chi connectivity index (χ4v) is 3.52. The Bertz CT molecular complexity index is 1140. The molecule has 0 fully saturated rings. The smallest absolute Gasteiger partial charge is 0.407 e. The molecule has 0 aromatic heterocycles. The lowest BCUT2D eigenvalue weighted by Gasteiger charge is -2.19. The summed E-state index contributed by atoms with van der Waals surface area (Å²) in [5.41, 5.74) is 1.39. The Morgan fingerprint density at radius 1 is 0.861 bits per heavy atom. The highest BCUT2D eigenvalue weighted by Crippen LogP contribution is 2.22. The van der Waals surface area contributed by atoms with E-state index in [2.05, 4.69) is 16.0 Å². The van der Waals surface area contributed by atoms with E-state index < -0.39 is 23.5 Å². The Morgan fingerprint density at radius 3 is 2.17 bits per heavy atom. The molecule has 0 spiro atoms. The van der Waals surface area contributed by atoms with Crippen LogP contribution >= 0.6 is 0 Å². The highest BCUT2D eigenvalue weighted by atomic mass is 16.6.